The molecule has 3 aromatic carbocycles. The fourth-order valence-electron chi connectivity index (χ4n) is 8.64. The number of carbonyl (C=O) groups is 2. The van der Waals surface area contributed by atoms with Crippen molar-refractivity contribution in [2.75, 3.05) is 13.2 Å². The second-order valence-electron chi connectivity index (χ2n) is 22.5. The zero-order valence-corrected chi connectivity index (χ0v) is 42.8. The van der Waals surface area contributed by atoms with Gasteiger partial charge in [0.15, 0.2) is 0 Å². The van der Waals surface area contributed by atoms with Gasteiger partial charge in [0, 0.05) is 18.6 Å². The fourth-order valence-corrected chi connectivity index (χ4v) is 8.64. The van der Waals surface area contributed by atoms with Crippen molar-refractivity contribution in [2.24, 2.45) is 0 Å². The number of hydrogen-bond donors (Lipinski definition) is 2. The first-order valence-electron chi connectivity index (χ1n) is 24.8. The Kier molecular flexibility index (Phi) is 21.0. The molecule has 3 rings (SSSR count). The zero-order valence-electron chi connectivity index (χ0n) is 42.8. The summed E-state index contributed by atoms with van der Waals surface area (Å²) in [6.07, 6.45) is 13.1. The third-order valence-corrected chi connectivity index (χ3v) is 12.5. The summed E-state index contributed by atoms with van der Waals surface area (Å²) in [7, 11) is 0. The van der Waals surface area contributed by atoms with Crippen molar-refractivity contribution in [3.63, 3.8) is 0 Å². The number of phenolic OH excluding ortho intramolecular Hbond substituents is 2. The first-order chi connectivity index (χ1) is 29.9. The van der Waals surface area contributed by atoms with Crippen LogP contribution in [0.3, 0.4) is 0 Å². The number of esters is 2. The number of unbranched alkanes of at least 4 members (excludes halogenated alkanes) is 10. The molecule has 7 heteroatoms. The Morgan fingerprint density at radius 3 is 1.12 bits per heavy atom. The maximum absolute atomic E-state index is 14.4. The van der Waals surface area contributed by atoms with Gasteiger partial charge >= 0.3 is 11.9 Å². The van der Waals surface area contributed by atoms with Gasteiger partial charge in [-0.25, -0.2) is 0 Å². The van der Waals surface area contributed by atoms with Crippen LogP contribution in [0, 0.1) is 0 Å². The molecule has 64 heavy (non-hydrogen) atoms. The van der Waals surface area contributed by atoms with Crippen LogP contribution in [0.5, 0.6) is 11.5 Å². The molecule has 0 aliphatic heterocycles. The largest absolute Gasteiger partial charge is 0.507 e. The van der Waals surface area contributed by atoms with Gasteiger partial charge in [-0.1, -0.05) is 191 Å². The van der Waals surface area contributed by atoms with Crippen molar-refractivity contribution < 1.29 is 29.3 Å². The average molecular weight is 884 g/mol. The van der Waals surface area contributed by atoms with Gasteiger partial charge < -0.3 is 19.7 Å². The molecule has 0 spiro atoms. The number of phenols is 2. The molecular weight excluding hydrogens is 795 g/mol. The molecule has 0 aliphatic rings. The van der Waals surface area contributed by atoms with Crippen LogP contribution in [0.4, 0.5) is 0 Å². The normalized spacial score (nSPS) is 13.5. The fraction of sp³-hybridized carbons (Fsp3) is 0.649. The third kappa shape index (κ3) is 16.9. The molecule has 7 nitrogen and oxygen atoms in total. The van der Waals surface area contributed by atoms with Crippen LogP contribution < -0.4 is 0 Å². The smallest absolute Gasteiger partial charge is 0.307 e. The Hall–Kier alpha value is -3.84. The number of rotatable bonds is 24. The van der Waals surface area contributed by atoms with Gasteiger partial charge in [-0.2, -0.15) is 0 Å². The van der Waals surface area contributed by atoms with Gasteiger partial charge in [-0.05, 0) is 97.7 Å². The second-order valence-corrected chi connectivity index (χ2v) is 22.5. The predicted molar refractivity (Wildman–Crippen MR) is 266 cm³/mol. The predicted octanol–water partition coefficient (Wildman–Crippen LogP) is 15.2. The third-order valence-electron chi connectivity index (χ3n) is 12.5. The van der Waals surface area contributed by atoms with Crippen molar-refractivity contribution in [3.05, 3.63) is 93.5 Å². The molecule has 3 aromatic rings. The van der Waals surface area contributed by atoms with E-state index in [0.717, 1.165) is 77.5 Å². The SMILES string of the molecule is CCCCCCCCOC(=O)CC(c1cc(C(C)(C)C)c(O)c(C(C)(C)C)c1)N(Cc1ccccc1)C(CC(=O)OCCCCCCCC)c1cc(C(C)(C)C)c(O)c(C(C)(C)C)c1. The van der Waals surface area contributed by atoms with E-state index in [1.165, 1.54) is 38.5 Å². The van der Waals surface area contributed by atoms with Crippen molar-refractivity contribution in [1.29, 1.82) is 0 Å². The van der Waals surface area contributed by atoms with Gasteiger partial charge in [-0.15, -0.1) is 0 Å². The molecule has 0 heterocycles. The zero-order chi connectivity index (χ0) is 47.9. The van der Waals surface area contributed by atoms with Crippen molar-refractivity contribution in [2.45, 2.75) is 227 Å². The summed E-state index contributed by atoms with van der Waals surface area (Å²) in [6.45, 7) is 30.7. The van der Waals surface area contributed by atoms with E-state index >= 15 is 0 Å². The van der Waals surface area contributed by atoms with Crippen molar-refractivity contribution >= 4 is 11.9 Å². The van der Waals surface area contributed by atoms with E-state index in [4.69, 9.17) is 9.47 Å². The summed E-state index contributed by atoms with van der Waals surface area (Å²) >= 11 is 0. The molecule has 2 unspecified atom stereocenters. The Labute approximate surface area is 390 Å². The molecule has 0 aliphatic carbocycles. The van der Waals surface area contributed by atoms with E-state index in [1.807, 2.05) is 18.2 Å². The van der Waals surface area contributed by atoms with Crippen LogP contribution in [0.25, 0.3) is 0 Å². The lowest BCUT2D eigenvalue weighted by Gasteiger charge is -2.40. The highest BCUT2D eigenvalue weighted by Gasteiger charge is 2.38. The van der Waals surface area contributed by atoms with Crippen LogP contribution in [-0.4, -0.2) is 40.3 Å². The van der Waals surface area contributed by atoms with Crippen LogP contribution in [0.15, 0.2) is 54.6 Å². The van der Waals surface area contributed by atoms with Crippen LogP contribution in [0.1, 0.15) is 238 Å². The molecule has 0 amide bonds. The molecule has 0 fully saturated rings. The topological polar surface area (TPSA) is 96.3 Å². The van der Waals surface area contributed by atoms with E-state index < -0.39 is 33.7 Å². The first-order valence-corrected chi connectivity index (χ1v) is 24.8. The standard InChI is InChI=1S/C57H89NO6/c1-15-17-19-21-23-28-32-63-50(59)38-48(42-34-44(54(3,4)5)52(61)45(35-42)55(6,7)8)58(40-41-30-26-25-27-31-41)49(39-51(60)64-33-29-24-22-20-18-16-2)43-36-46(56(9,10)11)53(62)47(37-43)57(12,13)14/h25-27,30-31,34-37,48-49,61-62H,15-24,28-29,32-33,38-40H2,1-14H3. The number of aromatic hydroxyl groups is 2. The minimum Gasteiger partial charge on any atom is -0.507 e. The average Bonchev–Trinajstić information content (AvgIpc) is 3.19. The highest BCUT2D eigenvalue weighted by molar-refractivity contribution is 5.72. The maximum atomic E-state index is 14.4. The summed E-state index contributed by atoms with van der Waals surface area (Å²) in [4.78, 5) is 31.1. The lowest BCUT2D eigenvalue weighted by atomic mass is 9.76. The number of ether oxygens (including phenoxy) is 2. The molecule has 2 atom stereocenters. The van der Waals surface area contributed by atoms with Gasteiger partial charge in [0.2, 0.25) is 0 Å². The van der Waals surface area contributed by atoms with Crippen LogP contribution >= 0.6 is 0 Å². The van der Waals surface area contributed by atoms with Gasteiger partial charge in [0.05, 0.1) is 26.1 Å². The molecule has 0 saturated heterocycles. The Balaban J connectivity index is 2.39. The van der Waals surface area contributed by atoms with Gasteiger partial charge in [0.25, 0.3) is 0 Å². The summed E-state index contributed by atoms with van der Waals surface area (Å²) in [5, 5.41) is 23.9. The number of benzene rings is 3. The lowest BCUT2D eigenvalue weighted by Crippen LogP contribution is -2.36. The van der Waals surface area contributed by atoms with Crippen molar-refractivity contribution in [3.8, 4) is 11.5 Å². The first kappa shape index (κ1) is 54.5. The Morgan fingerprint density at radius 2 is 0.812 bits per heavy atom. The van der Waals surface area contributed by atoms with E-state index in [0.29, 0.717) is 19.8 Å². The molecule has 0 aromatic heterocycles. The minimum atomic E-state index is -0.582. The minimum absolute atomic E-state index is 0.0280. The van der Waals surface area contributed by atoms with Gasteiger partial charge in [-0.3, -0.25) is 14.5 Å². The van der Waals surface area contributed by atoms with E-state index in [9.17, 15) is 19.8 Å². The summed E-state index contributed by atoms with van der Waals surface area (Å²) in [5.74, 6) is -0.0816. The quantitative estimate of drug-likeness (QED) is 0.0683. The Morgan fingerprint density at radius 1 is 0.500 bits per heavy atom. The molecule has 0 saturated carbocycles. The summed E-state index contributed by atoms with van der Waals surface area (Å²) in [5.41, 5.74) is 4.26. The second kappa shape index (κ2) is 24.6. The Bertz CT molecular complexity index is 1700. The highest BCUT2D eigenvalue weighted by atomic mass is 16.5. The maximum Gasteiger partial charge on any atom is 0.307 e. The molecule has 0 radical (unpaired) electrons. The van der Waals surface area contributed by atoms with Crippen LogP contribution in [-0.2, 0) is 47.3 Å². The van der Waals surface area contributed by atoms with Crippen molar-refractivity contribution in [1.82, 2.24) is 4.90 Å². The number of carbonyl (C=O) groups excluding carboxylic acids is 2. The molecular formula is C57H89NO6. The molecule has 2 N–H and O–H groups in total. The molecule has 358 valence electrons. The lowest BCUT2D eigenvalue weighted by molar-refractivity contribution is -0.147. The molecule has 0 bridgehead atoms. The van der Waals surface area contributed by atoms with Gasteiger partial charge in [0.1, 0.15) is 11.5 Å². The van der Waals surface area contributed by atoms with E-state index in [2.05, 4.69) is 138 Å². The van der Waals surface area contributed by atoms with E-state index in [-0.39, 0.29) is 36.3 Å². The number of nitrogens with zero attached hydrogens (tertiary/aromatic N) is 1. The highest BCUT2D eigenvalue weighted by Crippen LogP contribution is 2.47. The van der Waals surface area contributed by atoms with Crippen LogP contribution in [0.2, 0.25) is 0 Å². The number of hydrogen-bond acceptors (Lipinski definition) is 7. The summed E-state index contributed by atoms with van der Waals surface area (Å²) in [6, 6.07) is 17.3. The summed E-state index contributed by atoms with van der Waals surface area (Å²) < 4.78 is 12.2. The van der Waals surface area contributed by atoms with E-state index in [1.54, 1.807) is 0 Å². The monoisotopic (exact) mass is 884 g/mol.